The van der Waals surface area contributed by atoms with Crippen molar-refractivity contribution in [1.82, 2.24) is 4.98 Å². The van der Waals surface area contributed by atoms with Gasteiger partial charge in [-0.15, -0.1) is 0 Å². The summed E-state index contributed by atoms with van der Waals surface area (Å²) in [7, 11) is 0. The summed E-state index contributed by atoms with van der Waals surface area (Å²) in [6.45, 7) is 8.45. The van der Waals surface area contributed by atoms with E-state index in [4.69, 9.17) is 11.6 Å². The van der Waals surface area contributed by atoms with E-state index < -0.39 is 0 Å². The fraction of sp³-hybridized carbons (Fsp3) is 0.357. The molecule has 0 unspecified atom stereocenters. The highest BCUT2D eigenvalue weighted by Crippen LogP contribution is 2.32. The summed E-state index contributed by atoms with van der Waals surface area (Å²) >= 11 is 9.84. The Balaban J connectivity index is 2.85. The molecule has 1 heterocycles. The van der Waals surface area contributed by atoms with Gasteiger partial charge in [0.15, 0.2) is 0 Å². The molecule has 0 aliphatic heterocycles. The van der Waals surface area contributed by atoms with Crippen LogP contribution in [0.1, 0.15) is 36.5 Å². The zero-order valence-corrected chi connectivity index (χ0v) is 12.8. The molecule has 0 fully saturated rings. The Kier molecular flexibility index (Phi) is 3.46. The minimum Gasteiger partial charge on any atom is -0.236 e. The van der Waals surface area contributed by atoms with Gasteiger partial charge in [0, 0.05) is 9.86 Å². The fourth-order valence-electron chi connectivity index (χ4n) is 2.02. The number of aryl methyl sites for hydroxylation is 2. The first-order valence-electron chi connectivity index (χ1n) is 5.67. The van der Waals surface area contributed by atoms with Gasteiger partial charge in [-0.2, -0.15) is 0 Å². The molecule has 0 aliphatic rings. The fourth-order valence-corrected chi connectivity index (χ4v) is 2.71. The van der Waals surface area contributed by atoms with Gasteiger partial charge in [-0.05, 0) is 48.6 Å². The third-order valence-electron chi connectivity index (χ3n) is 3.09. The molecule has 3 heteroatoms. The largest absolute Gasteiger partial charge is 0.236 e. The first-order chi connectivity index (χ1) is 7.91. The van der Waals surface area contributed by atoms with E-state index in [-0.39, 0.29) is 0 Å². The van der Waals surface area contributed by atoms with Gasteiger partial charge in [0.05, 0.1) is 5.52 Å². The molecule has 0 atom stereocenters. The molecule has 0 spiro atoms. The highest BCUT2D eigenvalue weighted by molar-refractivity contribution is 9.10. The number of rotatable bonds is 1. The molecule has 0 aliphatic carbocycles. The lowest BCUT2D eigenvalue weighted by Gasteiger charge is -2.12. The molecule has 1 aromatic heterocycles. The van der Waals surface area contributed by atoms with Gasteiger partial charge >= 0.3 is 0 Å². The van der Waals surface area contributed by atoms with E-state index in [9.17, 15) is 0 Å². The van der Waals surface area contributed by atoms with Crippen molar-refractivity contribution in [3.05, 3.63) is 38.4 Å². The zero-order valence-electron chi connectivity index (χ0n) is 10.4. The molecule has 2 rings (SSSR count). The summed E-state index contributed by atoms with van der Waals surface area (Å²) in [6, 6.07) is 4.23. The number of hydrogen-bond donors (Lipinski definition) is 0. The molecule has 0 saturated carbocycles. The highest BCUT2D eigenvalue weighted by Gasteiger charge is 2.12. The standard InChI is InChI=1S/C14H15BrClN/c1-7(2)10-6-11-9(4)13(15)8(3)5-12(11)17-14(10)16/h5-7H,1-4H3. The third-order valence-corrected chi connectivity index (χ3v) is 4.61. The lowest BCUT2D eigenvalue weighted by molar-refractivity contribution is 0.862. The first-order valence-corrected chi connectivity index (χ1v) is 6.84. The van der Waals surface area contributed by atoms with Gasteiger partial charge < -0.3 is 0 Å². The first kappa shape index (κ1) is 12.8. The number of hydrogen-bond acceptors (Lipinski definition) is 1. The monoisotopic (exact) mass is 311 g/mol. The Hall–Kier alpha value is -0.600. The molecule has 90 valence electrons. The topological polar surface area (TPSA) is 12.9 Å². The van der Waals surface area contributed by atoms with Crippen molar-refractivity contribution < 1.29 is 0 Å². The Bertz CT molecular complexity index is 591. The molecule has 0 N–H and O–H groups in total. The van der Waals surface area contributed by atoms with Crippen LogP contribution in [0.3, 0.4) is 0 Å². The van der Waals surface area contributed by atoms with Crippen molar-refractivity contribution in [2.45, 2.75) is 33.6 Å². The summed E-state index contributed by atoms with van der Waals surface area (Å²) in [6.07, 6.45) is 0. The lowest BCUT2D eigenvalue weighted by atomic mass is 10.00. The minimum atomic E-state index is 0.388. The molecule has 1 aromatic carbocycles. The van der Waals surface area contributed by atoms with E-state index in [1.807, 2.05) is 0 Å². The number of halogens is 2. The second kappa shape index (κ2) is 4.58. The second-order valence-electron chi connectivity index (χ2n) is 4.72. The number of nitrogens with zero attached hydrogens (tertiary/aromatic N) is 1. The molecule has 0 bridgehead atoms. The quantitative estimate of drug-likeness (QED) is 0.643. The van der Waals surface area contributed by atoms with E-state index >= 15 is 0 Å². The van der Waals surface area contributed by atoms with Crippen molar-refractivity contribution in [3.63, 3.8) is 0 Å². The summed E-state index contributed by atoms with van der Waals surface area (Å²) in [5, 5.41) is 1.80. The smallest absolute Gasteiger partial charge is 0.133 e. The van der Waals surface area contributed by atoms with Crippen LogP contribution < -0.4 is 0 Å². The van der Waals surface area contributed by atoms with Crippen molar-refractivity contribution in [2.75, 3.05) is 0 Å². The summed E-state index contributed by atoms with van der Waals surface area (Å²) in [5.74, 6) is 0.388. The molecule has 2 aromatic rings. The predicted molar refractivity (Wildman–Crippen MR) is 78.0 cm³/mol. The molecule has 0 amide bonds. The Morgan fingerprint density at radius 3 is 2.47 bits per heavy atom. The summed E-state index contributed by atoms with van der Waals surface area (Å²) in [4.78, 5) is 4.50. The van der Waals surface area contributed by atoms with Crippen molar-refractivity contribution in [1.29, 1.82) is 0 Å². The average molecular weight is 313 g/mol. The van der Waals surface area contributed by atoms with Gasteiger partial charge in [-0.1, -0.05) is 41.4 Å². The van der Waals surface area contributed by atoms with E-state index in [0.717, 1.165) is 15.6 Å². The third kappa shape index (κ3) is 2.21. The molecular formula is C14H15BrClN. The molecule has 0 saturated heterocycles. The number of benzene rings is 1. The van der Waals surface area contributed by atoms with Gasteiger partial charge in [-0.25, -0.2) is 4.98 Å². The Morgan fingerprint density at radius 2 is 1.88 bits per heavy atom. The molecule has 0 radical (unpaired) electrons. The van der Waals surface area contributed by atoms with E-state index in [0.29, 0.717) is 11.1 Å². The van der Waals surface area contributed by atoms with Crippen LogP contribution in [0.25, 0.3) is 10.9 Å². The number of aromatic nitrogens is 1. The molecular weight excluding hydrogens is 298 g/mol. The van der Waals surface area contributed by atoms with E-state index in [1.165, 1.54) is 16.5 Å². The van der Waals surface area contributed by atoms with Crippen molar-refractivity contribution in [2.24, 2.45) is 0 Å². The summed E-state index contributed by atoms with van der Waals surface area (Å²) < 4.78 is 1.16. The van der Waals surface area contributed by atoms with Crippen LogP contribution in [0.4, 0.5) is 0 Å². The van der Waals surface area contributed by atoms with Crippen LogP contribution in [-0.4, -0.2) is 4.98 Å². The number of fused-ring (bicyclic) bond motifs is 1. The Labute approximate surface area is 115 Å². The second-order valence-corrected chi connectivity index (χ2v) is 5.87. The van der Waals surface area contributed by atoms with Crippen LogP contribution in [-0.2, 0) is 0 Å². The lowest BCUT2D eigenvalue weighted by Crippen LogP contribution is -1.95. The summed E-state index contributed by atoms with van der Waals surface area (Å²) in [5.41, 5.74) is 4.50. The van der Waals surface area contributed by atoms with Crippen LogP contribution in [0.15, 0.2) is 16.6 Å². The minimum absolute atomic E-state index is 0.388. The zero-order chi connectivity index (χ0) is 12.7. The average Bonchev–Trinajstić information content (AvgIpc) is 2.25. The maximum atomic E-state index is 6.22. The van der Waals surface area contributed by atoms with E-state index in [2.05, 4.69) is 60.7 Å². The Morgan fingerprint density at radius 1 is 1.24 bits per heavy atom. The van der Waals surface area contributed by atoms with E-state index in [1.54, 1.807) is 0 Å². The normalized spacial score (nSPS) is 11.5. The van der Waals surface area contributed by atoms with Crippen molar-refractivity contribution >= 4 is 38.4 Å². The maximum absolute atomic E-state index is 6.22. The SMILES string of the molecule is Cc1cc2nc(Cl)c(C(C)C)cc2c(C)c1Br. The van der Waals surface area contributed by atoms with Gasteiger partial charge in [-0.3, -0.25) is 0 Å². The molecule has 17 heavy (non-hydrogen) atoms. The van der Waals surface area contributed by atoms with Gasteiger partial charge in [0.2, 0.25) is 0 Å². The van der Waals surface area contributed by atoms with Gasteiger partial charge in [0.1, 0.15) is 5.15 Å². The highest BCUT2D eigenvalue weighted by atomic mass is 79.9. The van der Waals surface area contributed by atoms with Crippen LogP contribution in [0, 0.1) is 13.8 Å². The molecule has 1 nitrogen and oxygen atoms in total. The van der Waals surface area contributed by atoms with Crippen molar-refractivity contribution in [3.8, 4) is 0 Å². The van der Waals surface area contributed by atoms with Crippen LogP contribution in [0.5, 0.6) is 0 Å². The van der Waals surface area contributed by atoms with Gasteiger partial charge in [0.25, 0.3) is 0 Å². The van der Waals surface area contributed by atoms with Crippen LogP contribution >= 0.6 is 27.5 Å². The maximum Gasteiger partial charge on any atom is 0.133 e. The number of pyridine rings is 1. The van der Waals surface area contributed by atoms with Crippen LogP contribution in [0.2, 0.25) is 5.15 Å². The predicted octanol–water partition coefficient (Wildman–Crippen LogP) is 5.39.